The topological polar surface area (TPSA) is 35.6 Å². The minimum absolute atomic E-state index is 0.122. The molecule has 1 atom stereocenters. The summed E-state index contributed by atoms with van der Waals surface area (Å²) < 4.78 is 0. The molecule has 0 bridgehead atoms. The van der Waals surface area contributed by atoms with Crippen molar-refractivity contribution in [2.45, 2.75) is 44.1 Å². The van der Waals surface area contributed by atoms with Crippen LogP contribution in [0.2, 0.25) is 0 Å². The summed E-state index contributed by atoms with van der Waals surface area (Å²) in [4.78, 5) is 16.7. The fourth-order valence-corrected chi connectivity index (χ4v) is 3.94. The first-order valence-electron chi connectivity index (χ1n) is 9.02. The van der Waals surface area contributed by atoms with E-state index in [1.165, 1.54) is 24.9 Å². The highest BCUT2D eigenvalue weighted by Crippen LogP contribution is 2.27. The quantitative estimate of drug-likeness (QED) is 0.927. The number of rotatable bonds is 4. The molecule has 1 aromatic rings. The third-order valence-corrected chi connectivity index (χ3v) is 5.48. The number of likely N-dealkylation sites (tertiary alicyclic amines) is 2. The van der Waals surface area contributed by atoms with Crippen LogP contribution in [0, 0.1) is 0 Å². The predicted octanol–water partition coefficient (Wildman–Crippen LogP) is 3.06. The molecule has 2 saturated heterocycles. The van der Waals surface area contributed by atoms with E-state index in [0.717, 1.165) is 38.9 Å². The highest BCUT2D eigenvalue weighted by molar-refractivity contribution is 5.74. The van der Waals surface area contributed by atoms with Gasteiger partial charge in [0.2, 0.25) is 0 Å². The lowest BCUT2D eigenvalue weighted by Gasteiger charge is -2.32. The fourth-order valence-electron chi connectivity index (χ4n) is 3.94. The molecule has 4 heteroatoms. The number of carbonyl (C=O) groups excluding carboxylic acids is 1. The van der Waals surface area contributed by atoms with Crippen molar-refractivity contribution < 1.29 is 4.79 Å². The zero-order chi connectivity index (χ0) is 16.1. The number of hydrogen-bond acceptors (Lipinski definition) is 2. The van der Waals surface area contributed by atoms with Gasteiger partial charge in [0.1, 0.15) is 0 Å². The maximum absolute atomic E-state index is 12.3. The average molecular weight is 315 g/mol. The molecule has 1 aromatic carbocycles. The molecule has 2 fully saturated rings. The molecule has 0 saturated carbocycles. The van der Waals surface area contributed by atoms with E-state index in [9.17, 15) is 4.79 Å². The lowest BCUT2D eigenvalue weighted by Crippen LogP contribution is -2.45. The zero-order valence-corrected chi connectivity index (χ0v) is 14.2. The van der Waals surface area contributed by atoms with E-state index in [1.807, 2.05) is 4.90 Å². The number of benzene rings is 1. The van der Waals surface area contributed by atoms with Crippen molar-refractivity contribution in [1.82, 2.24) is 15.1 Å². The van der Waals surface area contributed by atoms with Gasteiger partial charge in [-0.25, -0.2) is 4.79 Å². The molecule has 126 valence electrons. The summed E-state index contributed by atoms with van der Waals surface area (Å²) >= 11 is 0. The first kappa shape index (κ1) is 16.3. The van der Waals surface area contributed by atoms with Gasteiger partial charge in [0.25, 0.3) is 0 Å². The summed E-state index contributed by atoms with van der Waals surface area (Å²) in [5, 5.41) is 3.11. The molecule has 2 aliphatic rings. The van der Waals surface area contributed by atoms with E-state index in [4.69, 9.17) is 0 Å². The Morgan fingerprint density at radius 2 is 1.87 bits per heavy atom. The molecular weight excluding hydrogens is 286 g/mol. The van der Waals surface area contributed by atoms with Gasteiger partial charge in [0.05, 0.1) is 0 Å². The SMILES string of the molecule is CN1CCC[C@@H]1CCNC(=O)N1CCC(c2ccccc2)CC1. The predicted molar refractivity (Wildman–Crippen MR) is 93.7 cm³/mol. The zero-order valence-electron chi connectivity index (χ0n) is 14.2. The largest absolute Gasteiger partial charge is 0.338 e. The molecule has 4 nitrogen and oxygen atoms in total. The van der Waals surface area contributed by atoms with E-state index in [0.29, 0.717) is 12.0 Å². The van der Waals surface area contributed by atoms with Crippen LogP contribution < -0.4 is 5.32 Å². The number of amides is 2. The fraction of sp³-hybridized carbons (Fsp3) is 0.632. The molecule has 0 aromatic heterocycles. The summed E-state index contributed by atoms with van der Waals surface area (Å²) in [5.41, 5.74) is 1.41. The minimum Gasteiger partial charge on any atom is -0.338 e. The Morgan fingerprint density at radius 3 is 2.52 bits per heavy atom. The van der Waals surface area contributed by atoms with Crippen molar-refractivity contribution in [2.75, 3.05) is 33.2 Å². The van der Waals surface area contributed by atoms with E-state index in [1.54, 1.807) is 0 Å². The highest BCUT2D eigenvalue weighted by Gasteiger charge is 2.24. The van der Waals surface area contributed by atoms with Crippen LogP contribution in [0.1, 0.15) is 43.6 Å². The lowest BCUT2D eigenvalue weighted by atomic mass is 9.90. The molecule has 1 N–H and O–H groups in total. The number of urea groups is 1. The van der Waals surface area contributed by atoms with Gasteiger partial charge in [-0.15, -0.1) is 0 Å². The standard InChI is InChI=1S/C19H29N3O/c1-21-13-5-8-18(21)9-12-20-19(23)22-14-10-17(11-15-22)16-6-3-2-4-7-16/h2-4,6-7,17-18H,5,8-15H2,1H3,(H,20,23)/t18-/m1/s1. The number of nitrogens with one attached hydrogen (secondary N) is 1. The molecule has 0 aliphatic carbocycles. The van der Waals surface area contributed by atoms with Crippen LogP contribution >= 0.6 is 0 Å². The Bertz CT molecular complexity index is 497. The van der Waals surface area contributed by atoms with Crippen molar-refractivity contribution in [2.24, 2.45) is 0 Å². The minimum atomic E-state index is 0.122. The monoisotopic (exact) mass is 315 g/mol. The number of hydrogen-bond donors (Lipinski definition) is 1. The molecule has 0 spiro atoms. The second kappa shape index (κ2) is 7.82. The summed E-state index contributed by atoms with van der Waals surface area (Å²) in [6.07, 6.45) is 5.78. The van der Waals surface area contributed by atoms with Gasteiger partial charge in [-0.3, -0.25) is 0 Å². The van der Waals surface area contributed by atoms with Gasteiger partial charge < -0.3 is 15.1 Å². The first-order valence-corrected chi connectivity index (χ1v) is 9.02. The smallest absolute Gasteiger partial charge is 0.317 e. The Kier molecular flexibility index (Phi) is 5.55. The summed E-state index contributed by atoms with van der Waals surface area (Å²) in [6.45, 7) is 3.74. The number of piperidine rings is 1. The Balaban J connectivity index is 1.38. The van der Waals surface area contributed by atoms with Gasteiger partial charge in [0, 0.05) is 25.7 Å². The third kappa shape index (κ3) is 4.25. The Labute approximate surface area is 139 Å². The Morgan fingerprint density at radius 1 is 1.13 bits per heavy atom. The molecule has 3 rings (SSSR count). The highest BCUT2D eigenvalue weighted by atomic mass is 16.2. The normalized spacial score (nSPS) is 23.2. The van der Waals surface area contributed by atoms with E-state index >= 15 is 0 Å². The van der Waals surface area contributed by atoms with Gasteiger partial charge >= 0.3 is 6.03 Å². The van der Waals surface area contributed by atoms with Crippen molar-refractivity contribution in [3.05, 3.63) is 35.9 Å². The number of carbonyl (C=O) groups is 1. The second-order valence-electron chi connectivity index (χ2n) is 6.97. The third-order valence-electron chi connectivity index (χ3n) is 5.48. The van der Waals surface area contributed by atoms with Crippen molar-refractivity contribution in [1.29, 1.82) is 0 Å². The first-order chi connectivity index (χ1) is 11.2. The summed E-state index contributed by atoms with van der Waals surface area (Å²) in [6, 6.07) is 11.5. The second-order valence-corrected chi connectivity index (χ2v) is 6.97. The van der Waals surface area contributed by atoms with E-state index in [2.05, 4.69) is 47.6 Å². The number of nitrogens with zero attached hydrogens (tertiary/aromatic N) is 2. The van der Waals surface area contributed by atoms with Crippen LogP contribution in [0.5, 0.6) is 0 Å². The molecule has 2 heterocycles. The van der Waals surface area contributed by atoms with Crippen molar-refractivity contribution in [3.63, 3.8) is 0 Å². The van der Waals surface area contributed by atoms with Crippen LogP contribution in [-0.4, -0.2) is 55.1 Å². The van der Waals surface area contributed by atoms with Gasteiger partial charge in [-0.2, -0.15) is 0 Å². The van der Waals surface area contributed by atoms with Gasteiger partial charge in [-0.05, 0) is 57.2 Å². The molecule has 2 aliphatic heterocycles. The van der Waals surface area contributed by atoms with Gasteiger partial charge in [0.15, 0.2) is 0 Å². The van der Waals surface area contributed by atoms with Crippen LogP contribution in [0.25, 0.3) is 0 Å². The van der Waals surface area contributed by atoms with Crippen LogP contribution in [0.4, 0.5) is 4.79 Å². The molecular formula is C19H29N3O. The van der Waals surface area contributed by atoms with Crippen LogP contribution in [0.3, 0.4) is 0 Å². The summed E-state index contributed by atoms with van der Waals surface area (Å²) in [5.74, 6) is 0.604. The average Bonchev–Trinajstić information content (AvgIpc) is 3.01. The van der Waals surface area contributed by atoms with Crippen molar-refractivity contribution in [3.8, 4) is 0 Å². The van der Waals surface area contributed by atoms with Crippen molar-refractivity contribution >= 4 is 6.03 Å². The molecule has 2 amide bonds. The Hall–Kier alpha value is -1.55. The van der Waals surface area contributed by atoms with E-state index in [-0.39, 0.29) is 6.03 Å². The van der Waals surface area contributed by atoms with Gasteiger partial charge in [-0.1, -0.05) is 30.3 Å². The maximum Gasteiger partial charge on any atom is 0.317 e. The van der Waals surface area contributed by atoms with E-state index < -0.39 is 0 Å². The van der Waals surface area contributed by atoms with Crippen LogP contribution in [0.15, 0.2) is 30.3 Å². The van der Waals surface area contributed by atoms with Crippen LogP contribution in [-0.2, 0) is 0 Å². The lowest BCUT2D eigenvalue weighted by molar-refractivity contribution is 0.180. The molecule has 23 heavy (non-hydrogen) atoms. The molecule has 0 unspecified atom stereocenters. The maximum atomic E-state index is 12.3. The molecule has 0 radical (unpaired) electrons. The summed E-state index contributed by atoms with van der Waals surface area (Å²) in [7, 11) is 2.19.